The van der Waals surface area contributed by atoms with E-state index in [9.17, 15) is 13.0 Å². The molecule has 0 unspecified atom stereocenters. The molecule has 0 bridgehead atoms. The van der Waals surface area contributed by atoms with E-state index in [-0.39, 0.29) is 17.1 Å². The Labute approximate surface area is 132 Å². The predicted octanol–water partition coefficient (Wildman–Crippen LogP) is 3.70. The fourth-order valence-electron chi connectivity index (χ4n) is 1.76. The molecule has 22 heavy (non-hydrogen) atoms. The molecule has 0 aliphatic carbocycles. The third-order valence-corrected chi connectivity index (χ3v) is 6.00. The van der Waals surface area contributed by atoms with Crippen molar-refractivity contribution in [2.75, 3.05) is 6.35 Å². The van der Waals surface area contributed by atoms with Gasteiger partial charge in [-0.05, 0) is 46.2 Å². The summed E-state index contributed by atoms with van der Waals surface area (Å²) in [5.41, 5.74) is 0.548. The molecule has 0 aliphatic heterocycles. The normalized spacial score (nSPS) is 13.0. The van der Waals surface area contributed by atoms with Crippen molar-refractivity contribution in [1.82, 2.24) is 0 Å². The molecule has 126 valence electrons. The van der Waals surface area contributed by atoms with E-state index in [1.54, 1.807) is 52.8 Å². The Morgan fingerprint density at radius 2 is 1.55 bits per heavy atom. The van der Waals surface area contributed by atoms with Crippen LogP contribution in [0.1, 0.15) is 33.3 Å². The summed E-state index contributed by atoms with van der Waals surface area (Å²) in [6.45, 7) is 8.40. The molecule has 1 aromatic carbocycles. The summed E-state index contributed by atoms with van der Waals surface area (Å²) < 4.78 is 52.4. The molecule has 0 heterocycles. The van der Waals surface area contributed by atoms with E-state index in [2.05, 4.69) is 0 Å². The summed E-state index contributed by atoms with van der Waals surface area (Å²) >= 11 is 0. The lowest BCUT2D eigenvalue weighted by Crippen LogP contribution is -2.15. The lowest BCUT2D eigenvalue weighted by atomic mass is 10.2. The van der Waals surface area contributed by atoms with E-state index in [1.165, 1.54) is 6.07 Å². The van der Waals surface area contributed by atoms with Crippen LogP contribution in [0.4, 0.5) is 0 Å². The van der Waals surface area contributed by atoms with Crippen LogP contribution in [-0.4, -0.2) is 27.0 Å². The maximum absolute atomic E-state index is 12.6. The van der Waals surface area contributed by atoms with Crippen LogP contribution < -0.4 is 0 Å². The smallest absolute Gasteiger partial charge is 0.304 e. The SMILES string of the molecule is Cc1ccccc1S(=O)(=O)OCP(=O)(OC(C)C)OC(C)C. The maximum Gasteiger partial charge on any atom is 0.358 e. The second-order valence-corrected chi connectivity index (χ2v) is 8.87. The molecule has 8 heteroatoms. The molecule has 1 rings (SSSR count). The molecular weight excluding hydrogens is 327 g/mol. The minimum Gasteiger partial charge on any atom is -0.304 e. The van der Waals surface area contributed by atoms with Gasteiger partial charge >= 0.3 is 7.60 Å². The minimum atomic E-state index is -4.03. The fourth-order valence-corrected chi connectivity index (χ4v) is 5.12. The summed E-state index contributed by atoms with van der Waals surface area (Å²) in [6, 6.07) is 6.41. The molecule has 0 radical (unpaired) electrons. The van der Waals surface area contributed by atoms with Crippen molar-refractivity contribution in [3.05, 3.63) is 29.8 Å². The average molecular weight is 350 g/mol. The Hall–Kier alpha value is -0.720. The van der Waals surface area contributed by atoms with Gasteiger partial charge in [0.15, 0.2) is 6.35 Å². The van der Waals surface area contributed by atoms with Crippen molar-refractivity contribution in [2.45, 2.75) is 51.7 Å². The number of hydrogen-bond donors (Lipinski definition) is 0. The first-order valence-corrected chi connectivity index (χ1v) is 10.1. The average Bonchev–Trinajstić information content (AvgIpc) is 2.35. The standard InChI is InChI=1S/C14H23O6PS/c1-11(2)19-21(15,20-12(3)4)10-18-22(16,17)14-9-7-6-8-13(14)5/h6-9,11-12H,10H2,1-5H3. The lowest BCUT2D eigenvalue weighted by Gasteiger charge is -2.22. The van der Waals surface area contributed by atoms with E-state index >= 15 is 0 Å². The molecule has 0 saturated heterocycles. The fraction of sp³-hybridized carbons (Fsp3) is 0.571. The van der Waals surface area contributed by atoms with Crippen LogP contribution in [-0.2, 0) is 27.9 Å². The summed E-state index contributed by atoms with van der Waals surface area (Å²) in [4.78, 5) is 0.0376. The first kappa shape index (κ1) is 19.3. The number of hydrogen-bond acceptors (Lipinski definition) is 6. The van der Waals surface area contributed by atoms with Gasteiger partial charge in [-0.25, -0.2) is 0 Å². The highest BCUT2D eigenvalue weighted by Gasteiger charge is 2.31. The molecular formula is C14H23O6PS. The van der Waals surface area contributed by atoms with Crippen LogP contribution in [0.3, 0.4) is 0 Å². The zero-order valence-corrected chi connectivity index (χ0v) is 15.2. The highest BCUT2D eigenvalue weighted by Crippen LogP contribution is 2.50. The van der Waals surface area contributed by atoms with Crippen molar-refractivity contribution in [3.63, 3.8) is 0 Å². The molecule has 0 amide bonds. The lowest BCUT2D eigenvalue weighted by molar-refractivity contribution is 0.129. The summed E-state index contributed by atoms with van der Waals surface area (Å²) in [7, 11) is -7.69. The quantitative estimate of drug-likeness (QED) is 0.525. The van der Waals surface area contributed by atoms with Gasteiger partial charge in [0.1, 0.15) is 0 Å². The van der Waals surface area contributed by atoms with Gasteiger partial charge in [-0.3, -0.25) is 8.75 Å². The Balaban J connectivity index is 2.93. The maximum atomic E-state index is 12.6. The van der Waals surface area contributed by atoms with Crippen LogP contribution in [0.5, 0.6) is 0 Å². The van der Waals surface area contributed by atoms with Crippen LogP contribution in [0.15, 0.2) is 29.2 Å². The van der Waals surface area contributed by atoms with Gasteiger partial charge in [-0.15, -0.1) is 0 Å². The summed E-state index contributed by atoms with van der Waals surface area (Å²) in [6.07, 6.45) is -1.41. The zero-order valence-electron chi connectivity index (χ0n) is 13.5. The first-order chi connectivity index (χ1) is 10.1. The van der Waals surface area contributed by atoms with Gasteiger partial charge in [0.05, 0.1) is 17.1 Å². The number of aryl methyl sites for hydroxylation is 1. The van der Waals surface area contributed by atoms with Crippen LogP contribution in [0, 0.1) is 6.92 Å². The topological polar surface area (TPSA) is 78.9 Å². The van der Waals surface area contributed by atoms with E-state index < -0.39 is 24.1 Å². The van der Waals surface area contributed by atoms with Crippen LogP contribution >= 0.6 is 7.60 Å². The third kappa shape index (κ3) is 5.82. The van der Waals surface area contributed by atoms with Gasteiger partial charge in [0.25, 0.3) is 10.1 Å². The van der Waals surface area contributed by atoms with E-state index in [1.807, 2.05) is 0 Å². The first-order valence-electron chi connectivity index (χ1n) is 6.96. The predicted molar refractivity (Wildman–Crippen MR) is 84.4 cm³/mol. The Kier molecular flexibility index (Phi) is 6.77. The molecule has 0 N–H and O–H groups in total. The van der Waals surface area contributed by atoms with Crippen molar-refractivity contribution in [2.24, 2.45) is 0 Å². The minimum absolute atomic E-state index is 0.0376. The van der Waals surface area contributed by atoms with E-state index in [0.29, 0.717) is 5.56 Å². The summed E-state index contributed by atoms with van der Waals surface area (Å²) in [5, 5.41) is 0. The molecule has 0 atom stereocenters. The Morgan fingerprint density at radius 1 is 1.05 bits per heavy atom. The van der Waals surface area contributed by atoms with E-state index in [4.69, 9.17) is 13.2 Å². The van der Waals surface area contributed by atoms with Crippen LogP contribution in [0.2, 0.25) is 0 Å². The molecule has 1 aromatic rings. The van der Waals surface area contributed by atoms with Gasteiger partial charge in [-0.2, -0.15) is 8.42 Å². The van der Waals surface area contributed by atoms with Crippen molar-refractivity contribution in [1.29, 1.82) is 0 Å². The monoisotopic (exact) mass is 350 g/mol. The van der Waals surface area contributed by atoms with Gasteiger partial charge in [0.2, 0.25) is 0 Å². The number of rotatable bonds is 8. The van der Waals surface area contributed by atoms with Crippen molar-refractivity contribution in [3.8, 4) is 0 Å². The van der Waals surface area contributed by atoms with Crippen LogP contribution in [0.25, 0.3) is 0 Å². The zero-order chi connectivity index (χ0) is 17.0. The van der Waals surface area contributed by atoms with E-state index in [0.717, 1.165) is 0 Å². The largest absolute Gasteiger partial charge is 0.358 e. The molecule has 0 aromatic heterocycles. The second kappa shape index (κ2) is 7.70. The van der Waals surface area contributed by atoms with Gasteiger partial charge in [-0.1, -0.05) is 18.2 Å². The summed E-state index contributed by atoms with van der Waals surface area (Å²) in [5.74, 6) is 0. The molecule has 0 fully saturated rings. The molecule has 0 spiro atoms. The Morgan fingerprint density at radius 3 is 2.00 bits per heavy atom. The Bertz CT molecular complexity index is 624. The van der Waals surface area contributed by atoms with Gasteiger partial charge in [0, 0.05) is 0 Å². The molecule has 6 nitrogen and oxygen atoms in total. The van der Waals surface area contributed by atoms with Crippen molar-refractivity contribution < 1.29 is 26.2 Å². The second-order valence-electron chi connectivity index (χ2n) is 5.39. The number of benzene rings is 1. The highest BCUT2D eigenvalue weighted by molar-refractivity contribution is 7.87. The highest BCUT2D eigenvalue weighted by atomic mass is 32.2. The molecule has 0 saturated carbocycles. The molecule has 0 aliphatic rings. The van der Waals surface area contributed by atoms with Crippen molar-refractivity contribution >= 4 is 17.7 Å². The third-order valence-electron chi connectivity index (χ3n) is 2.47. The van der Waals surface area contributed by atoms with Gasteiger partial charge < -0.3 is 9.05 Å².